The Bertz CT molecular complexity index is 869. The first-order chi connectivity index (χ1) is 12.4. The summed E-state index contributed by atoms with van der Waals surface area (Å²) in [4.78, 5) is 37.6. The normalized spacial score (nSPS) is 16.5. The number of carbonyl (C=O) groups is 3. The fraction of sp³-hybridized carbons (Fsp3) is 0.211. The largest absolute Gasteiger partial charge is 0.326 e. The lowest BCUT2D eigenvalue weighted by Gasteiger charge is -2.18. The lowest BCUT2D eigenvalue weighted by Crippen LogP contribution is -2.28. The Morgan fingerprint density at radius 2 is 1.77 bits per heavy atom. The van der Waals surface area contributed by atoms with Gasteiger partial charge in [-0.05, 0) is 36.4 Å². The average Bonchev–Trinajstić information content (AvgIpc) is 2.96. The van der Waals surface area contributed by atoms with E-state index in [9.17, 15) is 14.4 Å². The third kappa shape index (κ3) is 4.21. The minimum atomic E-state index is -0.453. The molecule has 1 aliphatic heterocycles. The lowest BCUT2D eigenvalue weighted by molar-refractivity contribution is -0.122. The number of nitrogens with zero attached hydrogens (tertiary/aromatic N) is 1. The highest BCUT2D eigenvalue weighted by Gasteiger charge is 2.35. The van der Waals surface area contributed by atoms with Gasteiger partial charge in [-0.3, -0.25) is 14.4 Å². The van der Waals surface area contributed by atoms with Crippen molar-refractivity contribution in [3.05, 3.63) is 53.6 Å². The van der Waals surface area contributed by atoms with Gasteiger partial charge in [0.15, 0.2) is 0 Å². The predicted molar refractivity (Wildman–Crippen MR) is 101 cm³/mol. The minimum absolute atomic E-state index is 0.129. The van der Waals surface area contributed by atoms with Crippen LogP contribution in [0.1, 0.15) is 13.3 Å². The summed E-state index contributed by atoms with van der Waals surface area (Å²) in [6, 6.07) is 13.9. The van der Waals surface area contributed by atoms with Crippen molar-refractivity contribution in [2.75, 3.05) is 22.1 Å². The van der Waals surface area contributed by atoms with E-state index < -0.39 is 5.92 Å². The van der Waals surface area contributed by atoms with Crippen molar-refractivity contribution >= 4 is 46.4 Å². The summed E-state index contributed by atoms with van der Waals surface area (Å²) >= 11 is 5.92. The van der Waals surface area contributed by atoms with E-state index in [0.717, 1.165) is 0 Å². The summed E-state index contributed by atoms with van der Waals surface area (Å²) < 4.78 is 0. The molecular weight excluding hydrogens is 354 g/mol. The fourth-order valence-electron chi connectivity index (χ4n) is 2.90. The number of rotatable bonds is 4. The topological polar surface area (TPSA) is 78.5 Å². The number of hydrogen-bond donors (Lipinski definition) is 2. The summed E-state index contributed by atoms with van der Waals surface area (Å²) in [5.74, 6) is -0.989. The first-order valence-electron chi connectivity index (χ1n) is 8.17. The quantitative estimate of drug-likeness (QED) is 0.865. The summed E-state index contributed by atoms with van der Waals surface area (Å²) in [5, 5.41) is 6.01. The van der Waals surface area contributed by atoms with Crippen molar-refractivity contribution in [3.8, 4) is 0 Å². The number of benzene rings is 2. The van der Waals surface area contributed by atoms with Gasteiger partial charge in [0, 0.05) is 42.0 Å². The molecule has 3 rings (SSSR count). The smallest absolute Gasteiger partial charge is 0.229 e. The van der Waals surface area contributed by atoms with E-state index in [0.29, 0.717) is 22.1 Å². The van der Waals surface area contributed by atoms with Crippen molar-refractivity contribution in [1.82, 2.24) is 0 Å². The first-order valence-corrected chi connectivity index (χ1v) is 8.54. The molecule has 1 atom stereocenters. The van der Waals surface area contributed by atoms with Crippen LogP contribution in [0.25, 0.3) is 0 Å². The number of hydrogen-bond acceptors (Lipinski definition) is 3. The van der Waals surface area contributed by atoms with E-state index in [1.807, 2.05) is 0 Å². The zero-order chi connectivity index (χ0) is 18.7. The molecule has 2 aromatic rings. The van der Waals surface area contributed by atoms with Crippen LogP contribution < -0.4 is 15.5 Å². The summed E-state index contributed by atoms with van der Waals surface area (Å²) in [6.45, 7) is 1.71. The van der Waals surface area contributed by atoms with Crippen LogP contribution in [0.2, 0.25) is 5.02 Å². The molecule has 3 amide bonds. The molecule has 7 heteroatoms. The van der Waals surface area contributed by atoms with Crippen LogP contribution >= 0.6 is 11.6 Å². The van der Waals surface area contributed by atoms with Crippen LogP contribution in [-0.2, 0) is 14.4 Å². The third-order valence-corrected chi connectivity index (χ3v) is 4.30. The van der Waals surface area contributed by atoms with Crippen molar-refractivity contribution in [1.29, 1.82) is 0 Å². The van der Waals surface area contributed by atoms with Crippen LogP contribution in [-0.4, -0.2) is 24.3 Å². The minimum Gasteiger partial charge on any atom is -0.326 e. The monoisotopic (exact) mass is 371 g/mol. The zero-order valence-electron chi connectivity index (χ0n) is 14.2. The first kappa shape index (κ1) is 17.9. The summed E-state index contributed by atoms with van der Waals surface area (Å²) in [5.41, 5.74) is 1.86. The molecule has 0 aliphatic carbocycles. The molecule has 134 valence electrons. The second kappa shape index (κ2) is 7.58. The molecule has 1 heterocycles. The van der Waals surface area contributed by atoms with Crippen LogP contribution in [0.3, 0.4) is 0 Å². The van der Waals surface area contributed by atoms with E-state index in [4.69, 9.17) is 11.6 Å². The predicted octanol–water partition coefficient (Wildman–Crippen LogP) is 3.29. The Morgan fingerprint density at radius 1 is 1.08 bits per heavy atom. The van der Waals surface area contributed by atoms with Gasteiger partial charge in [-0.15, -0.1) is 0 Å². The van der Waals surface area contributed by atoms with E-state index in [1.165, 1.54) is 6.92 Å². The lowest BCUT2D eigenvalue weighted by atomic mass is 10.1. The molecule has 0 spiro atoms. The van der Waals surface area contributed by atoms with Crippen molar-refractivity contribution in [3.63, 3.8) is 0 Å². The van der Waals surface area contributed by atoms with Gasteiger partial charge in [-0.2, -0.15) is 0 Å². The number of amides is 3. The molecule has 1 saturated heterocycles. The molecule has 2 N–H and O–H groups in total. The summed E-state index contributed by atoms with van der Waals surface area (Å²) in [7, 11) is 0. The van der Waals surface area contributed by atoms with E-state index in [-0.39, 0.29) is 30.7 Å². The van der Waals surface area contributed by atoms with Gasteiger partial charge in [0.05, 0.1) is 5.92 Å². The Kier molecular flexibility index (Phi) is 5.23. The Balaban J connectivity index is 1.70. The maximum absolute atomic E-state index is 12.5. The number of carbonyl (C=O) groups excluding carboxylic acids is 3. The molecule has 26 heavy (non-hydrogen) atoms. The molecule has 1 fully saturated rings. The second-order valence-electron chi connectivity index (χ2n) is 6.14. The van der Waals surface area contributed by atoms with Crippen molar-refractivity contribution in [2.24, 2.45) is 5.92 Å². The van der Waals surface area contributed by atoms with Gasteiger partial charge >= 0.3 is 0 Å². The fourth-order valence-corrected chi connectivity index (χ4v) is 3.09. The van der Waals surface area contributed by atoms with E-state index >= 15 is 0 Å². The number of halogens is 1. The van der Waals surface area contributed by atoms with Crippen LogP contribution in [0.5, 0.6) is 0 Å². The van der Waals surface area contributed by atoms with Gasteiger partial charge in [0.2, 0.25) is 17.7 Å². The summed E-state index contributed by atoms with van der Waals surface area (Å²) in [6.07, 6.45) is 0.136. The van der Waals surface area contributed by atoms with Gasteiger partial charge in [0.25, 0.3) is 0 Å². The molecular formula is C19H18ClN3O3. The van der Waals surface area contributed by atoms with Gasteiger partial charge in [0.1, 0.15) is 0 Å². The van der Waals surface area contributed by atoms with Crippen LogP contribution in [0, 0.1) is 5.92 Å². The Hall–Kier alpha value is -2.86. The number of anilines is 3. The molecule has 1 aliphatic rings. The van der Waals surface area contributed by atoms with Gasteiger partial charge in [-0.25, -0.2) is 0 Å². The Morgan fingerprint density at radius 3 is 2.46 bits per heavy atom. The molecule has 1 unspecified atom stereocenters. The average molecular weight is 372 g/mol. The molecule has 0 aromatic heterocycles. The van der Waals surface area contributed by atoms with Gasteiger partial charge < -0.3 is 15.5 Å². The standard InChI is InChI=1S/C19H18ClN3O3/c1-12(24)21-16-6-3-7-17(10-16)23-11-13(8-18(23)25)19(26)22-15-5-2-4-14(20)9-15/h2-7,9-10,13H,8,11H2,1H3,(H,21,24)(H,22,26). The highest BCUT2D eigenvalue weighted by molar-refractivity contribution is 6.30. The maximum atomic E-state index is 12.5. The third-order valence-electron chi connectivity index (χ3n) is 4.07. The van der Waals surface area contributed by atoms with Crippen molar-refractivity contribution in [2.45, 2.75) is 13.3 Å². The second-order valence-corrected chi connectivity index (χ2v) is 6.57. The highest BCUT2D eigenvalue weighted by Crippen LogP contribution is 2.28. The molecule has 0 radical (unpaired) electrons. The molecule has 0 saturated carbocycles. The van der Waals surface area contributed by atoms with E-state index in [1.54, 1.807) is 53.4 Å². The Labute approximate surface area is 156 Å². The molecule has 6 nitrogen and oxygen atoms in total. The molecule has 2 aromatic carbocycles. The molecule has 0 bridgehead atoms. The SMILES string of the molecule is CC(=O)Nc1cccc(N2CC(C(=O)Nc3cccc(Cl)c3)CC2=O)c1. The van der Waals surface area contributed by atoms with Crippen LogP contribution in [0.15, 0.2) is 48.5 Å². The number of nitrogens with one attached hydrogen (secondary N) is 2. The highest BCUT2D eigenvalue weighted by atomic mass is 35.5. The maximum Gasteiger partial charge on any atom is 0.229 e. The van der Waals surface area contributed by atoms with Crippen molar-refractivity contribution < 1.29 is 14.4 Å². The van der Waals surface area contributed by atoms with Crippen LogP contribution in [0.4, 0.5) is 17.1 Å². The zero-order valence-corrected chi connectivity index (χ0v) is 14.9. The van der Waals surface area contributed by atoms with Gasteiger partial charge in [-0.1, -0.05) is 23.7 Å². The van der Waals surface area contributed by atoms with E-state index in [2.05, 4.69) is 10.6 Å².